The van der Waals surface area contributed by atoms with Crippen LogP contribution in [0, 0.1) is 5.82 Å². The third-order valence-corrected chi connectivity index (χ3v) is 3.45. The van der Waals surface area contributed by atoms with Crippen molar-refractivity contribution in [1.82, 2.24) is 0 Å². The van der Waals surface area contributed by atoms with Crippen LogP contribution >= 0.6 is 11.3 Å². The molecule has 0 bridgehead atoms. The highest BCUT2D eigenvalue weighted by molar-refractivity contribution is 7.09. The van der Waals surface area contributed by atoms with Crippen molar-refractivity contribution in [3.8, 4) is 5.75 Å². The maximum atomic E-state index is 13.5. The predicted octanol–water partition coefficient (Wildman–Crippen LogP) is 3.71. The van der Waals surface area contributed by atoms with Gasteiger partial charge < -0.3 is 4.74 Å². The molecule has 0 spiro atoms. The molecule has 1 aromatic carbocycles. The van der Waals surface area contributed by atoms with Gasteiger partial charge in [-0.1, -0.05) is 6.07 Å². The number of Topliss-reactive ketones (excluding diaryl/α,β-unsaturated/α-hetero) is 1. The fourth-order valence-electron chi connectivity index (χ4n) is 1.60. The van der Waals surface area contributed by atoms with Crippen LogP contribution in [0.5, 0.6) is 5.75 Å². The van der Waals surface area contributed by atoms with Crippen molar-refractivity contribution in [2.75, 3.05) is 6.61 Å². The van der Waals surface area contributed by atoms with Gasteiger partial charge in [0.25, 0.3) is 0 Å². The molecule has 1 aromatic heterocycles. The van der Waals surface area contributed by atoms with Gasteiger partial charge in [-0.2, -0.15) is 0 Å². The number of halogens is 1. The van der Waals surface area contributed by atoms with Crippen molar-refractivity contribution in [2.45, 2.75) is 13.3 Å². The van der Waals surface area contributed by atoms with Crippen LogP contribution in [0.1, 0.15) is 22.2 Å². The minimum Gasteiger partial charge on any atom is -0.493 e. The van der Waals surface area contributed by atoms with Crippen LogP contribution in [0.25, 0.3) is 0 Å². The molecule has 0 aliphatic heterocycles. The third kappa shape index (κ3) is 3.17. The summed E-state index contributed by atoms with van der Waals surface area (Å²) in [5, 5.41) is 2.01. The zero-order chi connectivity index (χ0) is 13.0. The second-order valence-corrected chi connectivity index (χ2v) is 4.91. The molecule has 0 saturated heterocycles. The highest BCUT2D eigenvalue weighted by Gasteiger charge is 2.08. The van der Waals surface area contributed by atoms with Gasteiger partial charge in [-0.05, 0) is 30.5 Å². The molecule has 4 heteroatoms. The lowest BCUT2D eigenvalue weighted by molar-refractivity contribution is 0.101. The van der Waals surface area contributed by atoms with Gasteiger partial charge in [0.1, 0.15) is 11.6 Å². The van der Waals surface area contributed by atoms with Gasteiger partial charge in [0, 0.05) is 17.4 Å². The predicted molar refractivity (Wildman–Crippen MR) is 69.9 cm³/mol. The van der Waals surface area contributed by atoms with E-state index >= 15 is 0 Å². The minimum atomic E-state index is -0.531. The summed E-state index contributed by atoms with van der Waals surface area (Å²) in [4.78, 5) is 12.3. The van der Waals surface area contributed by atoms with Gasteiger partial charge in [-0.15, -0.1) is 11.3 Å². The summed E-state index contributed by atoms with van der Waals surface area (Å²) in [6, 6.07) is 8.35. The average Bonchev–Trinajstić information content (AvgIpc) is 2.81. The Hall–Kier alpha value is -1.68. The molecule has 0 atom stereocenters. The van der Waals surface area contributed by atoms with Crippen LogP contribution in [0.3, 0.4) is 0 Å². The number of carbonyl (C=O) groups is 1. The third-order valence-electron chi connectivity index (χ3n) is 2.52. The van der Waals surface area contributed by atoms with Gasteiger partial charge in [0.2, 0.25) is 0 Å². The van der Waals surface area contributed by atoms with Crippen molar-refractivity contribution >= 4 is 17.1 Å². The molecule has 2 nitrogen and oxygen atoms in total. The summed E-state index contributed by atoms with van der Waals surface area (Å²) < 4.78 is 19.0. The zero-order valence-electron chi connectivity index (χ0n) is 9.98. The van der Waals surface area contributed by atoms with E-state index in [0.717, 1.165) is 6.42 Å². The number of hydrogen-bond donors (Lipinski definition) is 0. The second kappa shape index (κ2) is 5.78. The number of thiophene rings is 1. The maximum Gasteiger partial charge on any atom is 0.162 e. The Balaban J connectivity index is 1.94. The molecule has 0 unspecified atom stereocenters. The van der Waals surface area contributed by atoms with E-state index in [1.165, 1.54) is 23.9 Å². The zero-order valence-corrected chi connectivity index (χ0v) is 10.8. The van der Waals surface area contributed by atoms with Gasteiger partial charge in [-0.3, -0.25) is 4.79 Å². The van der Waals surface area contributed by atoms with E-state index in [1.54, 1.807) is 17.4 Å². The van der Waals surface area contributed by atoms with Crippen LogP contribution in [0.4, 0.5) is 4.39 Å². The molecule has 0 saturated carbocycles. The van der Waals surface area contributed by atoms with Crippen LogP contribution in [-0.2, 0) is 6.42 Å². The Kier molecular flexibility index (Phi) is 4.10. The maximum absolute atomic E-state index is 13.5. The SMILES string of the molecule is CC(=O)c1ccc(OCCc2cccs2)cc1F. The lowest BCUT2D eigenvalue weighted by Crippen LogP contribution is -2.02. The highest BCUT2D eigenvalue weighted by atomic mass is 32.1. The number of benzene rings is 1. The summed E-state index contributed by atoms with van der Waals surface area (Å²) in [6.07, 6.45) is 0.799. The Morgan fingerprint density at radius 1 is 1.39 bits per heavy atom. The molecule has 0 N–H and O–H groups in total. The van der Waals surface area contributed by atoms with Crippen molar-refractivity contribution < 1.29 is 13.9 Å². The summed E-state index contributed by atoms with van der Waals surface area (Å²) in [6.45, 7) is 1.84. The molecular weight excluding hydrogens is 251 g/mol. The molecule has 0 fully saturated rings. The molecule has 1 heterocycles. The summed E-state index contributed by atoms with van der Waals surface area (Å²) in [5.74, 6) is -0.359. The molecule has 0 amide bonds. The first-order valence-corrected chi connectivity index (χ1v) is 6.50. The van der Waals surface area contributed by atoms with Gasteiger partial charge in [0.05, 0.1) is 12.2 Å². The normalized spacial score (nSPS) is 10.3. The first-order valence-electron chi connectivity index (χ1n) is 5.62. The quantitative estimate of drug-likeness (QED) is 0.769. The van der Waals surface area contributed by atoms with Gasteiger partial charge >= 0.3 is 0 Å². The largest absolute Gasteiger partial charge is 0.493 e. The van der Waals surface area contributed by atoms with E-state index in [0.29, 0.717) is 12.4 Å². The van der Waals surface area contributed by atoms with Crippen LogP contribution in [0.15, 0.2) is 35.7 Å². The first-order chi connectivity index (χ1) is 8.66. The van der Waals surface area contributed by atoms with E-state index in [9.17, 15) is 9.18 Å². The van der Waals surface area contributed by atoms with Crippen LogP contribution in [0.2, 0.25) is 0 Å². The Morgan fingerprint density at radius 2 is 2.22 bits per heavy atom. The monoisotopic (exact) mass is 264 g/mol. The topological polar surface area (TPSA) is 26.3 Å². The van der Waals surface area contributed by atoms with Crippen molar-refractivity contribution in [3.05, 3.63) is 52.0 Å². The number of hydrogen-bond acceptors (Lipinski definition) is 3. The molecule has 0 aliphatic carbocycles. The molecule has 0 radical (unpaired) electrons. The van der Waals surface area contributed by atoms with E-state index < -0.39 is 5.82 Å². The Morgan fingerprint density at radius 3 is 2.83 bits per heavy atom. The van der Waals surface area contributed by atoms with E-state index in [1.807, 2.05) is 17.5 Å². The molecule has 18 heavy (non-hydrogen) atoms. The van der Waals surface area contributed by atoms with Gasteiger partial charge in [-0.25, -0.2) is 4.39 Å². The molecule has 2 aromatic rings. The summed E-state index contributed by atoms with van der Waals surface area (Å²) in [5.41, 5.74) is 0.0978. The first kappa shape index (κ1) is 12.8. The second-order valence-electron chi connectivity index (χ2n) is 3.88. The average molecular weight is 264 g/mol. The standard InChI is InChI=1S/C14H13FO2S/c1-10(16)13-5-4-11(9-14(13)15)17-7-6-12-3-2-8-18-12/h2-5,8-9H,6-7H2,1H3. The molecular formula is C14H13FO2S. The van der Waals surface area contributed by atoms with Gasteiger partial charge in [0.15, 0.2) is 5.78 Å². The van der Waals surface area contributed by atoms with Crippen molar-refractivity contribution in [1.29, 1.82) is 0 Å². The van der Waals surface area contributed by atoms with Crippen LogP contribution < -0.4 is 4.74 Å². The van der Waals surface area contributed by atoms with E-state index in [2.05, 4.69) is 0 Å². The number of ether oxygens (including phenoxy) is 1. The smallest absolute Gasteiger partial charge is 0.162 e. The van der Waals surface area contributed by atoms with E-state index in [-0.39, 0.29) is 11.3 Å². The highest BCUT2D eigenvalue weighted by Crippen LogP contribution is 2.18. The van der Waals surface area contributed by atoms with Crippen molar-refractivity contribution in [2.24, 2.45) is 0 Å². The van der Waals surface area contributed by atoms with Crippen molar-refractivity contribution in [3.63, 3.8) is 0 Å². The Bertz CT molecular complexity index is 535. The minimum absolute atomic E-state index is 0.0978. The summed E-state index contributed by atoms with van der Waals surface area (Å²) >= 11 is 1.67. The Labute approximate surface area is 109 Å². The number of ketones is 1. The fourth-order valence-corrected chi connectivity index (χ4v) is 2.29. The lowest BCUT2D eigenvalue weighted by atomic mass is 10.1. The number of rotatable bonds is 5. The lowest BCUT2D eigenvalue weighted by Gasteiger charge is -2.06. The molecule has 0 aliphatic rings. The molecule has 94 valence electrons. The number of carbonyl (C=O) groups excluding carboxylic acids is 1. The molecule has 2 rings (SSSR count). The fraction of sp³-hybridized carbons (Fsp3) is 0.214. The van der Waals surface area contributed by atoms with E-state index in [4.69, 9.17) is 4.74 Å². The van der Waals surface area contributed by atoms with Crippen LogP contribution in [-0.4, -0.2) is 12.4 Å². The summed E-state index contributed by atoms with van der Waals surface area (Å²) in [7, 11) is 0.